The van der Waals surface area contributed by atoms with Crippen LogP contribution in [0.5, 0.6) is 0 Å². The van der Waals surface area contributed by atoms with E-state index in [9.17, 15) is 0 Å². The van der Waals surface area contributed by atoms with Crippen molar-refractivity contribution in [3.05, 3.63) is 24.2 Å². The van der Waals surface area contributed by atoms with Crippen molar-refractivity contribution >= 4 is 0 Å². The summed E-state index contributed by atoms with van der Waals surface area (Å²) >= 11 is 0. The van der Waals surface area contributed by atoms with Crippen LogP contribution in [0.25, 0.3) is 11.5 Å². The van der Waals surface area contributed by atoms with Gasteiger partial charge in [-0.1, -0.05) is 12.1 Å². The lowest BCUT2D eigenvalue weighted by atomic mass is 10.1. The molecule has 0 spiro atoms. The molecule has 5 heteroatoms. The maximum absolute atomic E-state index is 5.47. The minimum absolute atomic E-state index is 0.214. The van der Waals surface area contributed by atoms with Gasteiger partial charge in [-0.3, -0.25) is 0 Å². The van der Waals surface area contributed by atoms with Crippen LogP contribution in [-0.2, 0) is 0 Å². The summed E-state index contributed by atoms with van der Waals surface area (Å²) < 4.78 is 5.17. The molecule has 0 radical (unpaired) electrons. The quantitative estimate of drug-likeness (QED) is 0.794. The molecule has 0 saturated heterocycles. The smallest absolute Gasteiger partial charge is 0.229 e. The summed E-state index contributed by atoms with van der Waals surface area (Å²) in [7, 11) is 0. The highest BCUT2D eigenvalue weighted by molar-refractivity contribution is 5.47. The lowest BCUT2D eigenvalue weighted by Crippen LogP contribution is -2.04. The molecular formula is C10H14N4O. The fourth-order valence-corrected chi connectivity index (χ4v) is 1.39. The predicted molar refractivity (Wildman–Crippen MR) is 56.2 cm³/mol. The van der Waals surface area contributed by atoms with Gasteiger partial charge in [0.05, 0.1) is 5.69 Å². The zero-order chi connectivity index (χ0) is 10.7. The van der Waals surface area contributed by atoms with Crippen LogP contribution in [0.4, 0.5) is 0 Å². The Hall–Kier alpha value is -1.62. The topological polar surface area (TPSA) is 80.7 Å². The molecule has 0 saturated carbocycles. The normalized spacial score (nSPS) is 12.9. The van der Waals surface area contributed by atoms with Gasteiger partial charge in [-0.2, -0.15) is 4.98 Å². The number of hydrogen-bond acceptors (Lipinski definition) is 4. The van der Waals surface area contributed by atoms with Crippen LogP contribution in [-0.4, -0.2) is 21.7 Å². The molecule has 0 amide bonds. The maximum Gasteiger partial charge on any atom is 0.229 e. The summed E-state index contributed by atoms with van der Waals surface area (Å²) in [5.74, 6) is 1.45. The van der Waals surface area contributed by atoms with Gasteiger partial charge >= 0.3 is 0 Å². The third kappa shape index (κ3) is 2.07. The van der Waals surface area contributed by atoms with Crippen molar-refractivity contribution in [1.29, 1.82) is 0 Å². The molecule has 0 bridgehead atoms. The average Bonchev–Trinajstić information content (AvgIpc) is 2.89. The number of nitrogens with two attached hydrogens (primary N) is 1. The second kappa shape index (κ2) is 4.27. The van der Waals surface area contributed by atoms with Crippen LogP contribution in [0.3, 0.4) is 0 Å². The summed E-state index contributed by atoms with van der Waals surface area (Å²) in [6.45, 7) is 2.65. The second-order valence-corrected chi connectivity index (χ2v) is 3.52. The summed E-state index contributed by atoms with van der Waals surface area (Å²) in [6, 6.07) is 3.80. The molecule has 0 aliphatic carbocycles. The number of aromatic nitrogens is 3. The van der Waals surface area contributed by atoms with Crippen LogP contribution in [0.15, 0.2) is 22.9 Å². The molecule has 15 heavy (non-hydrogen) atoms. The van der Waals surface area contributed by atoms with E-state index in [2.05, 4.69) is 15.1 Å². The third-order valence-corrected chi connectivity index (χ3v) is 2.30. The molecule has 2 rings (SSSR count). The number of H-pyrrole nitrogens is 1. The molecule has 2 heterocycles. The van der Waals surface area contributed by atoms with E-state index in [-0.39, 0.29) is 5.92 Å². The molecule has 2 aromatic rings. The SMILES string of the molecule is CC(CCN)c1nc(-c2ccc[nH]2)no1. The van der Waals surface area contributed by atoms with Gasteiger partial charge in [-0.05, 0) is 25.1 Å². The largest absolute Gasteiger partial charge is 0.359 e. The third-order valence-electron chi connectivity index (χ3n) is 2.30. The van der Waals surface area contributed by atoms with Gasteiger partial charge in [0, 0.05) is 12.1 Å². The van der Waals surface area contributed by atoms with Gasteiger partial charge in [0.25, 0.3) is 0 Å². The molecule has 80 valence electrons. The first-order valence-corrected chi connectivity index (χ1v) is 4.98. The van der Waals surface area contributed by atoms with E-state index < -0.39 is 0 Å². The minimum Gasteiger partial charge on any atom is -0.359 e. The highest BCUT2D eigenvalue weighted by Gasteiger charge is 2.14. The molecule has 2 aromatic heterocycles. The Kier molecular flexibility index (Phi) is 2.82. The lowest BCUT2D eigenvalue weighted by Gasteiger charge is -2.01. The van der Waals surface area contributed by atoms with E-state index in [0.717, 1.165) is 12.1 Å². The summed E-state index contributed by atoms with van der Waals surface area (Å²) in [4.78, 5) is 7.33. The average molecular weight is 206 g/mol. The molecule has 1 atom stereocenters. The number of rotatable bonds is 4. The van der Waals surface area contributed by atoms with E-state index in [0.29, 0.717) is 18.3 Å². The Balaban J connectivity index is 2.17. The van der Waals surface area contributed by atoms with E-state index in [1.54, 1.807) is 0 Å². The second-order valence-electron chi connectivity index (χ2n) is 3.52. The highest BCUT2D eigenvalue weighted by atomic mass is 16.5. The fourth-order valence-electron chi connectivity index (χ4n) is 1.39. The predicted octanol–water partition coefficient (Wildman–Crippen LogP) is 1.52. The van der Waals surface area contributed by atoms with Gasteiger partial charge in [-0.15, -0.1) is 0 Å². The van der Waals surface area contributed by atoms with Crippen molar-refractivity contribution in [2.75, 3.05) is 6.54 Å². The first-order valence-electron chi connectivity index (χ1n) is 4.98. The number of nitrogens with one attached hydrogen (secondary N) is 1. The van der Waals surface area contributed by atoms with Gasteiger partial charge < -0.3 is 15.2 Å². The van der Waals surface area contributed by atoms with Gasteiger partial charge in [0.15, 0.2) is 0 Å². The van der Waals surface area contributed by atoms with Crippen molar-refractivity contribution in [3.8, 4) is 11.5 Å². The monoisotopic (exact) mass is 206 g/mol. The molecule has 0 aliphatic heterocycles. The zero-order valence-electron chi connectivity index (χ0n) is 8.60. The van der Waals surface area contributed by atoms with Gasteiger partial charge in [0.2, 0.25) is 11.7 Å². The molecule has 3 N–H and O–H groups in total. The summed E-state index contributed by atoms with van der Waals surface area (Å²) in [5.41, 5.74) is 6.34. The Morgan fingerprint density at radius 1 is 1.60 bits per heavy atom. The first kappa shape index (κ1) is 9.92. The number of nitrogens with zero attached hydrogens (tertiary/aromatic N) is 2. The summed E-state index contributed by atoms with van der Waals surface area (Å²) in [5, 5.41) is 3.90. The Bertz CT molecular complexity index is 407. The standard InChI is InChI=1S/C10H14N4O/c1-7(4-5-11)10-13-9(14-15-10)8-3-2-6-12-8/h2-3,6-7,12H,4-5,11H2,1H3. The maximum atomic E-state index is 5.47. The zero-order valence-corrected chi connectivity index (χ0v) is 8.60. The highest BCUT2D eigenvalue weighted by Crippen LogP contribution is 2.19. The van der Waals surface area contributed by atoms with Crippen molar-refractivity contribution in [1.82, 2.24) is 15.1 Å². The van der Waals surface area contributed by atoms with E-state index in [1.807, 2.05) is 25.3 Å². The van der Waals surface area contributed by atoms with E-state index in [4.69, 9.17) is 10.3 Å². The molecule has 0 aliphatic rings. The van der Waals surface area contributed by atoms with Crippen molar-refractivity contribution in [3.63, 3.8) is 0 Å². The van der Waals surface area contributed by atoms with Crippen molar-refractivity contribution in [2.24, 2.45) is 5.73 Å². The van der Waals surface area contributed by atoms with E-state index >= 15 is 0 Å². The van der Waals surface area contributed by atoms with Crippen LogP contribution in [0, 0.1) is 0 Å². The Morgan fingerprint density at radius 2 is 2.47 bits per heavy atom. The Labute approximate surface area is 87.7 Å². The summed E-state index contributed by atoms with van der Waals surface area (Å²) in [6.07, 6.45) is 2.68. The Morgan fingerprint density at radius 3 is 3.13 bits per heavy atom. The molecule has 1 unspecified atom stereocenters. The van der Waals surface area contributed by atoms with Crippen molar-refractivity contribution < 1.29 is 4.52 Å². The molecule has 0 fully saturated rings. The minimum atomic E-state index is 0.214. The van der Waals surface area contributed by atoms with Crippen LogP contribution in [0.2, 0.25) is 0 Å². The lowest BCUT2D eigenvalue weighted by molar-refractivity contribution is 0.355. The molecule has 0 aromatic carbocycles. The molecule has 5 nitrogen and oxygen atoms in total. The number of hydrogen-bond donors (Lipinski definition) is 2. The molecular weight excluding hydrogens is 192 g/mol. The van der Waals surface area contributed by atoms with Crippen LogP contribution >= 0.6 is 0 Å². The van der Waals surface area contributed by atoms with Crippen molar-refractivity contribution in [2.45, 2.75) is 19.3 Å². The van der Waals surface area contributed by atoms with E-state index in [1.165, 1.54) is 0 Å². The fraction of sp³-hybridized carbons (Fsp3) is 0.400. The van der Waals surface area contributed by atoms with Gasteiger partial charge in [0.1, 0.15) is 0 Å². The van der Waals surface area contributed by atoms with Gasteiger partial charge in [-0.25, -0.2) is 0 Å². The first-order chi connectivity index (χ1) is 7.31. The van der Waals surface area contributed by atoms with Crippen LogP contribution < -0.4 is 5.73 Å². The number of aromatic amines is 1. The van der Waals surface area contributed by atoms with Crippen LogP contribution in [0.1, 0.15) is 25.2 Å².